The predicted octanol–water partition coefficient (Wildman–Crippen LogP) is 1.43. The summed E-state index contributed by atoms with van der Waals surface area (Å²) in [7, 11) is 4.64. The Morgan fingerprint density at radius 2 is 1.62 bits per heavy atom. The molecule has 0 aliphatic heterocycles. The van der Waals surface area contributed by atoms with Crippen LogP contribution in [0.2, 0.25) is 0 Å². The molecule has 0 unspecified atom stereocenters. The molecule has 0 aliphatic rings. The molecule has 134 valence electrons. The van der Waals surface area contributed by atoms with Crippen molar-refractivity contribution in [1.29, 1.82) is 0 Å². The van der Waals surface area contributed by atoms with Gasteiger partial charge in [0.05, 0.1) is 37.6 Å². The Morgan fingerprint density at radius 3 is 2.15 bits per heavy atom. The number of nitrogens with zero attached hydrogens (tertiary/aromatic N) is 1. The lowest BCUT2D eigenvalue weighted by Crippen LogP contribution is -2.33. The average molecular weight is 352 g/mol. The van der Waals surface area contributed by atoms with Crippen LogP contribution in [0, 0.1) is 0 Å². The van der Waals surface area contributed by atoms with Crippen LogP contribution in [0.4, 0.5) is 0 Å². The minimum Gasteiger partial charge on any atom is -0.493 e. The first-order valence-corrected chi connectivity index (χ1v) is 7.96. The van der Waals surface area contributed by atoms with Crippen LogP contribution in [0.25, 0.3) is 18.3 Å². The molecule has 1 aromatic heterocycles. The molecule has 0 spiro atoms. The lowest BCUT2D eigenvalue weighted by Gasteiger charge is -2.12. The molecule has 6 nitrogen and oxygen atoms in total. The second-order valence-electron chi connectivity index (χ2n) is 5.58. The third kappa shape index (κ3) is 3.09. The SMILES string of the molecule is C=c1[nH]n(-c2ccccc2)c(=O)/c1=C\c1cc(OC)c(OC)c(OC)c1. The van der Waals surface area contributed by atoms with Gasteiger partial charge in [-0.2, -0.15) is 0 Å². The lowest BCUT2D eigenvalue weighted by molar-refractivity contribution is 0.324. The van der Waals surface area contributed by atoms with E-state index in [9.17, 15) is 4.79 Å². The Kier molecular flexibility index (Phi) is 4.84. The zero-order valence-electron chi connectivity index (χ0n) is 14.9. The standard InChI is InChI=1S/C20H20N2O4/c1-13-16(20(23)22(21-13)15-8-6-5-7-9-15)10-14-11-17(24-2)19(26-4)18(12-14)25-3/h5-12,21H,1H2,2-4H3/b16-10-. The summed E-state index contributed by atoms with van der Waals surface area (Å²) in [6.45, 7) is 3.95. The monoisotopic (exact) mass is 352 g/mol. The maximum Gasteiger partial charge on any atom is 0.279 e. The van der Waals surface area contributed by atoms with Crippen molar-refractivity contribution in [2.24, 2.45) is 0 Å². The van der Waals surface area contributed by atoms with Crippen molar-refractivity contribution in [1.82, 2.24) is 9.78 Å². The van der Waals surface area contributed by atoms with Crippen LogP contribution in [0.5, 0.6) is 17.2 Å². The predicted molar refractivity (Wildman–Crippen MR) is 101 cm³/mol. The number of methoxy groups -OCH3 is 3. The average Bonchev–Trinajstić information content (AvgIpc) is 2.96. The van der Waals surface area contributed by atoms with Crippen LogP contribution in [0.3, 0.4) is 0 Å². The van der Waals surface area contributed by atoms with E-state index in [4.69, 9.17) is 14.2 Å². The number of hydrogen-bond donors (Lipinski definition) is 1. The van der Waals surface area contributed by atoms with Crippen molar-refractivity contribution in [2.75, 3.05) is 21.3 Å². The first-order chi connectivity index (χ1) is 12.6. The second-order valence-corrected chi connectivity index (χ2v) is 5.58. The molecule has 0 bridgehead atoms. The molecule has 0 fully saturated rings. The number of para-hydroxylation sites is 1. The molecule has 2 aromatic carbocycles. The molecule has 0 aliphatic carbocycles. The summed E-state index contributed by atoms with van der Waals surface area (Å²) in [4.78, 5) is 12.8. The van der Waals surface area contributed by atoms with E-state index in [1.165, 1.54) is 4.68 Å². The Morgan fingerprint density at radius 1 is 1.00 bits per heavy atom. The molecule has 26 heavy (non-hydrogen) atoms. The molecule has 6 heteroatoms. The maximum absolute atomic E-state index is 12.8. The summed E-state index contributed by atoms with van der Waals surface area (Å²) in [5, 5.41) is 3.99. The van der Waals surface area contributed by atoms with E-state index in [-0.39, 0.29) is 5.56 Å². The summed E-state index contributed by atoms with van der Waals surface area (Å²) >= 11 is 0. The van der Waals surface area contributed by atoms with Crippen LogP contribution in [0.15, 0.2) is 47.3 Å². The van der Waals surface area contributed by atoms with Crippen LogP contribution in [-0.2, 0) is 0 Å². The fourth-order valence-corrected chi connectivity index (χ4v) is 2.75. The number of nitrogens with one attached hydrogen (secondary N) is 1. The molecule has 0 atom stereocenters. The van der Waals surface area contributed by atoms with Crippen LogP contribution in [-0.4, -0.2) is 31.1 Å². The summed E-state index contributed by atoms with van der Waals surface area (Å²) in [6.07, 6.45) is 1.74. The van der Waals surface area contributed by atoms with Crippen LogP contribution < -0.4 is 30.3 Å². The Bertz CT molecular complexity index is 1060. The molecule has 3 rings (SSSR count). The van der Waals surface area contributed by atoms with Gasteiger partial charge in [0.1, 0.15) is 0 Å². The molecule has 0 radical (unpaired) electrons. The van der Waals surface area contributed by atoms with E-state index < -0.39 is 0 Å². The molecule has 3 aromatic rings. The molecule has 0 saturated carbocycles. The third-order valence-electron chi connectivity index (χ3n) is 4.02. The molecule has 0 amide bonds. The Balaban J connectivity index is 2.19. The van der Waals surface area contributed by atoms with Gasteiger partial charge in [-0.25, -0.2) is 4.68 Å². The number of rotatable bonds is 5. The van der Waals surface area contributed by atoms with Gasteiger partial charge in [-0.3, -0.25) is 9.89 Å². The molecular formula is C20H20N2O4. The smallest absolute Gasteiger partial charge is 0.279 e. The highest BCUT2D eigenvalue weighted by molar-refractivity contribution is 5.62. The van der Waals surface area contributed by atoms with Gasteiger partial charge in [-0.15, -0.1) is 0 Å². The Hall–Kier alpha value is -3.41. The number of benzene rings is 2. The largest absolute Gasteiger partial charge is 0.493 e. The van der Waals surface area contributed by atoms with Gasteiger partial charge in [0.25, 0.3) is 5.56 Å². The van der Waals surface area contributed by atoms with Gasteiger partial charge in [-0.1, -0.05) is 24.8 Å². The number of H-pyrrole nitrogens is 1. The van der Waals surface area contributed by atoms with Crippen molar-refractivity contribution in [3.8, 4) is 22.9 Å². The summed E-state index contributed by atoms with van der Waals surface area (Å²) in [5.74, 6) is 1.53. The van der Waals surface area contributed by atoms with Gasteiger partial charge in [-0.05, 0) is 35.9 Å². The van der Waals surface area contributed by atoms with E-state index in [1.807, 2.05) is 30.3 Å². The number of hydrogen-bond acceptors (Lipinski definition) is 4. The lowest BCUT2D eigenvalue weighted by atomic mass is 10.1. The third-order valence-corrected chi connectivity index (χ3v) is 4.02. The van der Waals surface area contributed by atoms with Gasteiger partial charge in [0, 0.05) is 0 Å². The second kappa shape index (κ2) is 7.23. The summed E-state index contributed by atoms with van der Waals surface area (Å²) in [5.41, 5.74) is 1.29. The summed E-state index contributed by atoms with van der Waals surface area (Å²) in [6, 6.07) is 12.9. The number of aromatic amines is 1. The minimum atomic E-state index is -0.185. The zero-order valence-corrected chi connectivity index (χ0v) is 14.9. The molecule has 1 N–H and O–H groups in total. The van der Waals surface area contributed by atoms with Gasteiger partial charge < -0.3 is 14.2 Å². The topological polar surface area (TPSA) is 65.5 Å². The Labute approximate surface area is 150 Å². The van der Waals surface area contributed by atoms with Crippen molar-refractivity contribution >= 4 is 12.7 Å². The quantitative estimate of drug-likeness (QED) is 0.754. The minimum absolute atomic E-state index is 0.185. The highest BCUT2D eigenvalue weighted by Gasteiger charge is 2.13. The van der Waals surface area contributed by atoms with E-state index in [0.717, 1.165) is 11.3 Å². The number of ether oxygens (including phenoxy) is 3. The zero-order chi connectivity index (χ0) is 18.7. The van der Waals surface area contributed by atoms with Gasteiger partial charge in [0.2, 0.25) is 5.75 Å². The van der Waals surface area contributed by atoms with Crippen LogP contribution >= 0.6 is 0 Å². The van der Waals surface area contributed by atoms with Crippen molar-refractivity contribution in [3.05, 3.63) is 68.9 Å². The van der Waals surface area contributed by atoms with Gasteiger partial charge >= 0.3 is 0 Å². The van der Waals surface area contributed by atoms with Crippen molar-refractivity contribution < 1.29 is 14.2 Å². The van der Waals surface area contributed by atoms with E-state index in [0.29, 0.717) is 27.8 Å². The summed E-state index contributed by atoms with van der Waals surface area (Å²) < 4.78 is 17.5. The van der Waals surface area contributed by atoms with E-state index in [1.54, 1.807) is 39.5 Å². The number of aromatic nitrogens is 2. The van der Waals surface area contributed by atoms with Crippen molar-refractivity contribution in [3.63, 3.8) is 0 Å². The molecule has 1 heterocycles. The van der Waals surface area contributed by atoms with Crippen molar-refractivity contribution in [2.45, 2.75) is 0 Å². The normalized spacial score (nSPS) is 11.4. The first kappa shape index (κ1) is 17.4. The fraction of sp³-hybridized carbons (Fsp3) is 0.150. The fourth-order valence-electron chi connectivity index (χ4n) is 2.75. The molecule has 0 saturated heterocycles. The van der Waals surface area contributed by atoms with E-state index >= 15 is 0 Å². The maximum atomic E-state index is 12.8. The van der Waals surface area contributed by atoms with E-state index in [2.05, 4.69) is 11.7 Å². The highest BCUT2D eigenvalue weighted by Crippen LogP contribution is 2.38. The highest BCUT2D eigenvalue weighted by atomic mass is 16.5. The van der Waals surface area contributed by atoms with Gasteiger partial charge in [0.15, 0.2) is 11.5 Å². The van der Waals surface area contributed by atoms with Crippen LogP contribution in [0.1, 0.15) is 5.56 Å². The first-order valence-electron chi connectivity index (χ1n) is 7.96. The molecular weight excluding hydrogens is 332 g/mol.